The first kappa shape index (κ1) is 13.9. The second-order valence-electron chi connectivity index (χ2n) is 5.42. The smallest absolute Gasteiger partial charge is 0.0938 e. The van der Waals surface area contributed by atoms with Gasteiger partial charge < -0.3 is 15.5 Å². The zero-order valence-corrected chi connectivity index (χ0v) is 10.7. The van der Waals surface area contributed by atoms with Crippen LogP contribution < -0.4 is 5.32 Å². The maximum Gasteiger partial charge on any atom is 0.0938 e. The Morgan fingerprint density at radius 1 is 1.31 bits per heavy atom. The van der Waals surface area contributed by atoms with E-state index in [1.54, 1.807) is 0 Å². The molecule has 3 unspecified atom stereocenters. The van der Waals surface area contributed by atoms with Gasteiger partial charge in [-0.3, -0.25) is 4.90 Å². The van der Waals surface area contributed by atoms with Crippen molar-refractivity contribution in [2.75, 3.05) is 33.2 Å². The number of hydrogen-bond acceptors (Lipinski definition) is 4. The number of β-amino-alcohol motifs (C(OH)–C–C–N with tert-alkyl or cyclic N) is 2. The zero-order valence-electron chi connectivity index (χ0n) is 10.7. The van der Waals surface area contributed by atoms with E-state index in [0.29, 0.717) is 13.1 Å². The summed E-state index contributed by atoms with van der Waals surface area (Å²) in [6, 6.07) is 0. The molecule has 0 spiro atoms. The standard InChI is InChI=1S/C12H26N2O2/c1-4-5-12(2,8-13-3)9-14-6-10(15)11(16)7-14/h10-11,13,15-16H,4-9H2,1-3H3. The Morgan fingerprint density at radius 2 is 1.88 bits per heavy atom. The first-order valence-corrected chi connectivity index (χ1v) is 6.24. The highest BCUT2D eigenvalue weighted by atomic mass is 16.3. The predicted molar refractivity (Wildman–Crippen MR) is 65.4 cm³/mol. The second kappa shape index (κ2) is 5.96. The zero-order chi connectivity index (χ0) is 12.2. The van der Waals surface area contributed by atoms with Gasteiger partial charge >= 0.3 is 0 Å². The fourth-order valence-electron chi connectivity index (χ4n) is 2.77. The highest BCUT2D eigenvalue weighted by molar-refractivity contribution is 4.88. The maximum absolute atomic E-state index is 9.52. The van der Waals surface area contributed by atoms with Crippen LogP contribution in [-0.2, 0) is 0 Å². The summed E-state index contributed by atoms with van der Waals surface area (Å²) in [7, 11) is 1.97. The van der Waals surface area contributed by atoms with Gasteiger partial charge in [-0.2, -0.15) is 0 Å². The van der Waals surface area contributed by atoms with Crippen molar-refractivity contribution in [1.29, 1.82) is 0 Å². The molecule has 0 aromatic carbocycles. The molecular weight excluding hydrogens is 204 g/mol. The summed E-state index contributed by atoms with van der Waals surface area (Å²) >= 11 is 0. The van der Waals surface area contributed by atoms with Crippen LogP contribution in [0.4, 0.5) is 0 Å². The Balaban J connectivity index is 2.49. The Hall–Kier alpha value is -0.160. The molecule has 1 fully saturated rings. The van der Waals surface area contributed by atoms with Crippen molar-refractivity contribution in [2.24, 2.45) is 5.41 Å². The minimum absolute atomic E-state index is 0.229. The van der Waals surface area contributed by atoms with Crippen LogP contribution in [0.2, 0.25) is 0 Å². The molecule has 1 rings (SSSR count). The van der Waals surface area contributed by atoms with E-state index in [1.807, 2.05) is 7.05 Å². The summed E-state index contributed by atoms with van der Waals surface area (Å²) in [5, 5.41) is 22.3. The van der Waals surface area contributed by atoms with Gasteiger partial charge in [0.25, 0.3) is 0 Å². The second-order valence-corrected chi connectivity index (χ2v) is 5.42. The molecule has 1 aliphatic heterocycles. The molecule has 0 radical (unpaired) electrons. The minimum Gasteiger partial charge on any atom is -0.389 e. The lowest BCUT2D eigenvalue weighted by atomic mass is 9.85. The molecule has 0 amide bonds. The van der Waals surface area contributed by atoms with Gasteiger partial charge in [-0.05, 0) is 18.9 Å². The summed E-state index contributed by atoms with van der Waals surface area (Å²) < 4.78 is 0. The Bertz CT molecular complexity index is 195. The summed E-state index contributed by atoms with van der Waals surface area (Å²) in [6.45, 7) is 7.58. The molecule has 0 aliphatic carbocycles. The van der Waals surface area contributed by atoms with Gasteiger partial charge in [0.1, 0.15) is 0 Å². The SMILES string of the molecule is CCCC(C)(CNC)CN1CC(O)C(O)C1. The third-order valence-electron chi connectivity index (χ3n) is 3.40. The Kier molecular flexibility index (Phi) is 5.18. The topological polar surface area (TPSA) is 55.7 Å². The van der Waals surface area contributed by atoms with E-state index in [0.717, 1.165) is 25.9 Å². The molecule has 0 saturated carbocycles. The average Bonchev–Trinajstić information content (AvgIpc) is 2.45. The minimum atomic E-state index is -0.569. The molecule has 1 aliphatic rings. The predicted octanol–water partition coefficient (Wildman–Crippen LogP) is 0.0496. The number of rotatable bonds is 6. The monoisotopic (exact) mass is 230 g/mol. The molecule has 1 heterocycles. The highest BCUT2D eigenvalue weighted by Gasteiger charge is 2.34. The quantitative estimate of drug-likeness (QED) is 0.603. The summed E-state index contributed by atoms with van der Waals surface area (Å²) in [4.78, 5) is 2.17. The summed E-state index contributed by atoms with van der Waals surface area (Å²) in [5.41, 5.74) is 0.229. The molecule has 96 valence electrons. The van der Waals surface area contributed by atoms with Crippen molar-refractivity contribution in [3.63, 3.8) is 0 Å². The molecule has 1 saturated heterocycles. The van der Waals surface area contributed by atoms with E-state index < -0.39 is 12.2 Å². The maximum atomic E-state index is 9.52. The van der Waals surface area contributed by atoms with Crippen LogP contribution in [0.1, 0.15) is 26.7 Å². The molecule has 0 aromatic rings. The van der Waals surface area contributed by atoms with Crippen molar-refractivity contribution in [2.45, 2.75) is 38.9 Å². The molecule has 3 N–H and O–H groups in total. The van der Waals surface area contributed by atoms with Crippen molar-refractivity contribution < 1.29 is 10.2 Å². The largest absolute Gasteiger partial charge is 0.389 e. The van der Waals surface area contributed by atoms with E-state index >= 15 is 0 Å². The van der Waals surface area contributed by atoms with Gasteiger partial charge in [0.15, 0.2) is 0 Å². The van der Waals surface area contributed by atoms with Crippen LogP contribution in [0.5, 0.6) is 0 Å². The number of nitrogens with one attached hydrogen (secondary N) is 1. The fourth-order valence-corrected chi connectivity index (χ4v) is 2.77. The van der Waals surface area contributed by atoms with Crippen LogP contribution >= 0.6 is 0 Å². The molecule has 0 bridgehead atoms. The van der Waals surface area contributed by atoms with Crippen molar-refractivity contribution in [3.8, 4) is 0 Å². The van der Waals surface area contributed by atoms with Crippen LogP contribution in [0.25, 0.3) is 0 Å². The van der Waals surface area contributed by atoms with E-state index in [1.165, 1.54) is 0 Å². The Labute approximate surface area is 98.6 Å². The van der Waals surface area contributed by atoms with E-state index in [9.17, 15) is 10.2 Å². The van der Waals surface area contributed by atoms with Crippen molar-refractivity contribution >= 4 is 0 Å². The average molecular weight is 230 g/mol. The number of hydrogen-bond donors (Lipinski definition) is 3. The van der Waals surface area contributed by atoms with Gasteiger partial charge in [0.2, 0.25) is 0 Å². The third kappa shape index (κ3) is 3.70. The lowest BCUT2D eigenvalue weighted by Crippen LogP contribution is -2.41. The van der Waals surface area contributed by atoms with Gasteiger partial charge in [-0.15, -0.1) is 0 Å². The number of nitrogens with zero attached hydrogens (tertiary/aromatic N) is 1. The van der Waals surface area contributed by atoms with Crippen molar-refractivity contribution in [3.05, 3.63) is 0 Å². The highest BCUT2D eigenvalue weighted by Crippen LogP contribution is 2.25. The van der Waals surface area contributed by atoms with E-state index in [4.69, 9.17) is 0 Å². The van der Waals surface area contributed by atoms with Crippen LogP contribution in [0.15, 0.2) is 0 Å². The van der Waals surface area contributed by atoms with Gasteiger partial charge in [-0.1, -0.05) is 20.3 Å². The lowest BCUT2D eigenvalue weighted by molar-refractivity contribution is 0.0572. The fraction of sp³-hybridized carbons (Fsp3) is 1.00. The Morgan fingerprint density at radius 3 is 2.31 bits per heavy atom. The molecule has 4 nitrogen and oxygen atoms in total. The van der Waals surface area contributed by atoms with E-state index in [2.05, 4.69) is 24.1 Å². The van der Waals surface area contributed by atoms with Crippen molar-refractivity contribution in [1.82, 2.24) is 10.2 Å². The molecule has 0 aromatic heterocycles. The van der Waals surface area contributed by atoms with Crippen LogP contribution in [-0.4, -0.2) is 60.5 Å². The number of aliphatic hydroxyl groups is 2. The number of likely N-dealkylation sites (tertiary alicyclic amines) is 1. The van der Waals surface area contributed by atoms with Gasteiger partial charge in [0, 0.05) is 26.2 Å². The van der Waals surface area contributed by atoms with Gasteiger partial charge in [0.05, 0.1) is 12.2 Å². The van der Waals surface area contributed by atoms with Crippen LogP contribution in [0, 0.1) is 5.41 Å². The molecule has 3 atom stereocenters. The summed E-state index contributed by atoms with van der Waals surface area (Å²) in [6.07, 6.45) is 1.19. The summed E-state index contributed by atoms with van der Waals surface area (Å²) in [5.74, 6) is 0. The van der Waals surface area contributed by atoms with Gasteiger partial charge in [-0.25, -0.2) is 0 Å². The number of aliphatic hydroxyl groups excluding tert-OH is 2. The van der Waals surface area contributed by atoms with E-state index in [-0.39, 0.29) is 5.41 Å². The molecule has 4 heteroatoms. The molecular formula is C12H26N2O2. The van der Waals surface area contributed by atoms with Crippen LogP contribution in [0.3, 0.4) is 0 Å². The first-order chi connectivity index (χ1) is 7.50. The first-order valence-electron chi connectivity index (χ1n) is 6.24. The molecule has 16 heavy (non-hydrogen) atoms. The normalized spacial score (nSPS) is 30.6. The lowest BCUT2D eigenvalue weighted by Gasteiger charge is -2.33. The third-order valence-corrected chi connectivity index (χ3v) is 3.40.